The van der Waals surface area contributed by atoms with Gasteiger partial charge >= 0.3 is 179 Å². The van der Waals surface area contributed by atoms with E-state index < -0.39 is 12.2 Å². The number of rotatable bonds is 7. The number of hydrogen-bond donors (Lipinski definition) is 1. The third-order valence-corrected chi connectivity index (χ3v) is 7.82. The van der Waals surface area contributed by atoms with Crippen LogP contribution in [0.25, 0.3) is 0 Å². The molecule has 1 saturated heterocycles. The number of hydrogen-bond acceptors (Lipinski definition) is 3. The van der Waals surface area contributed by atoms with E-state index in [1.54, 1.807) is 0 Å². The Balaban J connectivity index is 1.57. The summed E-state index contributed by atoms with van der Waals surface area (Å²) in [4.78, 5) is 0.327. The Morgan fingerprint density at radius 1 is 0.828 bits per heavy atom. The second-order valence-corrected chi connectivity index (χ2v) is 9.93. The summed E-state index contributed by atoms with van der Waals surface area (Å²) in [5.74, 6) is 0. The van der Waals surface area contributed by atoms with Gasteiger partial charge in [-0.05, 0) is 0 Å². The molecule has 0 bridgehead atoms. The van der Waals surface area contributed by atoms with Gasteiger partial charge in [0.2, 0.25) is 0 Å². The quantitative estimate of drug-likeness (QED) is 0.538. The summed E-state index contributed by atoms with van der Waals surface area (Å²) in [5, 5.41) is 11.2. The summed E-state index contributed by atoms with van der Waals surface area (Å²) >= 11 is 0.255. The first-order valence-corrected chi connectivity index (χ1v) is 11.9. The van der Waals surface area contributed by atoms with Crippen molar-refractivity contribution >= 4 is 19.4 Å². The van der Waals surface area contributed by atoms with E-state index in [1.807, 2.05) is 66.7 Å². The number of ether oxygens (including phenoxy) is 2. The molecule has 1 N–H and O–H groups in total. The molecule has 0 amide bonds. The molecule has 0 radical (unpaired) electrons. The van der Waals surface area contributed by atoms with Gasteiger partial charge < -0.3 is 0 Å². The predicted octanol–water partition coefficient (Wildman–Crippen LogP) is 4.43. The van der Waals surface area contributed by atoms with E-state index >= 15 is 0 Å². The third kappa shape index (κ3) is 5.36. The summed E-state index contributed by atoms with van der Waals surface area (Å²) < 4.78 is 14.0. The van der Waals surface area contributed by atoms with Crippen LogP contribution in [0.3, 0.4) is 0 Å². The van der Waals surface area contributed by atoms with Gasteiger partial charge in [-0.2, -0.15) is 0 Å². The van der Waals surface area contributed by atoms with Crippen LogP contribution >= 0.6 is 0 Å². The summed E-state index contributed by atoms with van der Waals surface area (Å²) in [6, 6.07) is 30.3. The summed E-state index contributed by atoms with van der Waals surface area (Å²) in [5.41, 5.74) is 1.81. The Morgan fingerprint density at radius 3 is 2.07 bits per heavy atom. The average molecular weight is 453 g/mol. The molecule has 1 heterocycles. The van der Waals surface area contributed by atoms with E-state index in [0.29, 0.717) is 11.4 Å². The molecule has 3 nitrogen and oxygen atoms in total. The Morgan fingerprint density at radius 2 is 1.41 bits per heavy atom. The van der Waals surface area contributed by atoms with E-state index in [2.05, 4.69) is 24.3 Å². The molecule has 0 unspecified atom stereocenters. The molecule has 4 heteroatoms. The zero-order chi connectivity index (χ0) is 19.9. The van der Waals surface area contributed by atoms with Crippen molar-refractivity contribution in [3.05, 3.63) is 102 Å². The van der Waals surface area contributed by atoms with Gasteiger partial charge in [0.05, 0.1) is 0 Å². The predicted molar refractivity (Wildman–Crippen MR) is 116 cm³/mol. The van der Waals surface area contributed by atoms with Crippen molar-refractivity contribution in [1.82, 2.24) is 0 Å². The van der Waals surface area contributed by atoms with Gasteiger partial charge in [-0.25, -0.2) is 0 Å². The molecule has 0 aromatic heterocycles. The topological polar surface area (TPSA) is 38.7 Å². The van der Waals surface area contributed by atoms with Crippen molar-refractivity contribution in [2.45, 2.75) is 36.2 Å². The van der Waals surface area contributed by atoms with Crippen LogP contribution < -0.4 is 4.46 Å². The molecule has 1 aliphatic rings. The Bertz CT molecular complexity index is 857. The van der Waals surface area contributed by atoms with Crippen LogP contribution in [0.4, 0.5) is 0 Å². The zero-order valence-electron chi connectivity index (χ0n) is 16.3. The maximum absolute atomic E-state index is 11.2. The Labute approximate surface area is 178 Å². The molecule has 150 valence electrons. The number of aliphatic hydroxyl groups excluding tert-OH is 1. The Kier molecular flexibility index (Phi) is 7.15. The minimum atomic E-state index is -0.756. The van der Waals surface area contributed by atoms with Crippen LogP contribution in [0.15, 0.2) is 91.0 Å². The summed E-state index contributed by atoms with van der Waals surface area (Å²) in [7, 11) is 0. The molecule has 3 aromatic carbocycles. The van der Waals surface area contributed by atoms with E-state index in [4.69, 9.17) is 9.47 Å². The molecule has 4 rings (SSSR count). The Hall–Kier alpha value is -1.94. The molecule has 0 aliphatic carbocycles. The fraction of sp³-hybridized carbons (Fsp3) is 0.280. The zero-order valence-corrected chi connectivity index (χ0v) is 18.0. The van der Waals surface area contributed by atoms with Crippen LogP contribution in [0.1, 0.15) is 36.2 Å². The van der Waals surface area contributed by atoms with Gasteiger partial charge in [-0.3, -0.25) is 0 Å². The molecule has 0 spiro atoms. The second kappa shape index (κ2) is 10.2. The van der Waals surface area contributed by atoms with Gasteiger partial charge in [0.15, 0.2) is 0 Å². The van der Waals surface area contributed by atoms with Crippen molar-refractivity contribution in [1.29, 1.82) is 0 Å². The standard InChI is InChI=1S/C25H26O3Se/c26-23(19-11-4-1-5-12-19)24(20-13-6-2-7-14-20)28-25-22(17-10-18-27-25)29-21-15-8-3-9-16-21/h1-9,11-16,22-26H,10,17-18H2/t22-,23+,24+,25+/m1/s1. The maximum atomic E-state index is 11.2. The number of benzene rings is 3. The van der Waals surface area contributed by atoms with E-state index in [-0.39, 0.29) is 21.2 Å². The third-order valence-electron chi connectivity index (χ3n) is 5.09. The molecule has 3 aromatic rings. The van der Waals surface area contributed by atoms with Crippen LogP contribution in [0, 0.1) is 0 Å². The van der Waals surface area contributed by atoms with Gasteiger partial charge in [0, 0.05) is 0 Å². The molecular weight excluding hydrogens is 427 g/mol. The van der Waals surface area contributed by atoms with Crippen molar-refractivity contribution in [3.63, 3.8) is 0 Å². The van der Waals surface area contributed by atoms with Crippen LogP contribution in [-0.4, -0.2) is 33.0 Å². The molecule has 1 fully saturated rings. The monoisotopic (exact) mass is 454 g/mol. The average Bonchev–Trinajstić information content (AvgIpc) is 2.80. The molecule has 29 heavy (non-hydrogen) atoms. The molecule has 4 atom stereocenters. The van der Waals surface area contributed by atoms with Gasteiger partial charge in [-0.1, -0.05) is 0 Å². The van der Waals surface area contributed by atoms with Crippen molar-refractivity contribution in [2.75, 3.05) is 6.61 Å². The van der Waals surface area contributed by atoms with Gasteiger partial charge in [0.1, 0.15) is 0 Å². The van der Waals surface area contributed by atoms with Crippen molar-refractivity contribution < 1.29 is 14.6 Å². The van der Waals surface area contributed by atoms with Gasteiger partial charge in [0.25, 0.3) is 0 Å². The van der Waals surface area contributed by atoms with E-state index in [1.165, 1.54) is 4.46 Å². The summed E-state index contributed by atoms with van der Waals surface area (Å²) in [6.07, 6.45) is 0.594. The first-order chi connectivity index (χ1) is 14.3. The fourth-order valence-corrected chi connectivity index (χ4v) is 6.11. The fourth-order valence-electron chi connectivity index (χ4n) is 3.59. The van der Waals surface area contributed by atoms with Crippen molar-refractivity contribution in [3.8, 4) is 0 Å². The minimum absolute atomic E-state index is 0.255. The van der Waals surface area contributed by atoms with Crippen LogP contribution in [0.2, 0.25) is 4.82 Å². The van der Waals surface area contributed by atoms with Gasteiger partial charge in [-0.15, -0.1) is 0 Å². The molecule has 1 aliphatic heterocycles. The van der Waals surface area contributed by atoms with E-state index in [9.17, 15) is 5.11 Å². The second-order valence-electron chi connectivity index (χ2n) is 7.17. The van der Waals surface area contributed by atoms with Crippen LogP contribution in [-0.2, 0) is 9.47 Å². The SMILES string of the molecule is O[C@@H](c1ccccc1)[C@@H](O[C@@H]1OCCC[C@H]1[Se]c1ccccc1)c1ccccc1. The number of aliphatic hydroxyl groups is 1. The first-order valence-electron chi connectivity index (χ1n) is 10.1. The first kappa shape index (κ1) is 20.3. The summed E-state index contributed by atoms with van der Waals surface area (Å²) in [6.45, 7) is 0.703. The van der Waals surface area contributed by atoms with Crippen molar-refractivity contribution in [2.24, 2.45) is 0 Å². The van der Waals surface area contributed by atoms with Crippen LogP contribution in [0.5, 0.6) is 0 Å². The van der Waals surface area contributed by atoms with E-state index in [0.717, 1.165) is 24.0 Å². The molecule has 0 saturated carbocycles. The molecular formula is C25H26O3Se. The normalized spacial score (nSPS) is 21.4.